The van der Waals surface area contributed by atoms with E-state index >= 15 is 0 Å². The molecule has 18 heavy (non-hydrogen) atoms. The number of hydrogen-bond acceptors (Lipinski definition) is 4. The van der Waals surface area contributed by atoms with Crippen LogP contribution in [0.2, 0.25) is 0 Å². The fourth-order valence-electron chi connectivity index (χ4n) is 1.38. The van der Waals surface area contributed by atoms with Crippen LogP contribution in [0.1, 0.15) is 0 Å². The number of rotatable bonds is 3. The fraction of sp³-hybridized carbons (Fsp3) is 0. The smallest absolute Gasteiger partial charge is 0.265 e. The van der Waals surface area contributed by atoms with Crippen LogP contribution in [0.15, 0.2) is 47.6 Å². The summed E-state index contributed by atoms with van der Waals surface area (Å²) in [4.78, 5) is 3.75. The Labute approximate surface area is 119 Å². The molecule has 7 heteroatoms. The molecule has 0 fully saturated rings. The summed E-state index contributed by atoms with van der Waals surface area (Å²) in [7, 11) is -3.70. The molecule has 0 aliphatic rings. The molecule has 1 aromatic heterocycles. The first-order chi connectivity index (χ1) is 8.49. The van der Waals surface area contributed by atoms with Gasteiger partial charge < -0.3 is 5.73 Å². The number of nitrogens with one attached hydrogen (secondary N) is 1. The Morgan fingerprint density at radius 3 is 2.72 bits per heavy atom. The molecule has 0 bridgehead atoms. The number of nitrogens with two attached hydrogens (primary N) is 1. The van der Waals surface area contributed by atoms with Gasteiger partial charge in [-0.25, -0.2) is 8.42 Å². The average molecular weight is 375 g/mol. The van der Waals surface area contributed by atoms with Crippen LogP contribution in [0, 0.1) is 3.57 Å². The highest BCUT2D eigenvalue weighted by molar-refractivity contribution is 14.1. The molecule has 3 N–H and O–H groups in total. The third kappa shape index (κ3) is 2.91. The van der Waals surface area contributed by atoms with Gasteiger partial charge in [0.15, 0.2) is 0 Å². The number of hydrogen-bond donors (Lipinski definition) is 2. The lowest BCUT2D eigenvalue weighted by molar-refractivity contribution is 0.601. The van der Waals surface area contributed by atoms with Gasteiger partial charge in [0.05, 0.1) is 5.69 Å². The zero-order chi connectivity index (χ0) is 13.2. The topological polar surface area (TPSA) is 85.1 Å². The average Bonchev–Trinajstić information content (AvgIpc) is 2.28. The number of pyridine rings is 1. The standard InChI is InChI=1S/C11H10IN3O2S/c12-8-2-1-3-9(6-8)15-18(16,17)11-7-14-5-4-10(11)13/h1-7,15H,(H2,13,14). The van der Waals surface area contributed by atoms with E-state index in [0.717, 1.165) is 3.57 Å². The Balaban J connectivity index is 2.37. The van der Waals surface area contributed by atoms with Crippen molar-refractivity contribution in [3.05, 3.63) is 46.3 Å². The van der Waals surface area contributed by atoms with Crippen molar-refractivity contribution in [3.63, 3.8) is 0 Å². The second kappa shape index (κ2) is 5.11. The van der Waals surface area contributed by atoms with Crippen LogP contribution < -0.4 is 10.5 Å². The summed E-state index contributed by atoms with van der Waals surface area (Å²) < 4.78 is 27.6. The molecule has 0 amide bonds. The van der Waals surface area contributed by atoms with Gasteiger partial charge in [-0.05, 0) is 46.9 Å². The van der Waals surface area contributed by atoms with E-state index in [2.05, 4.69) is 32.3 Å². The molecule has 5 nitrogen and oxygen atoms in total. The largest absolute Gasteiger partial charge is 0.398 e. The Bertz CT molecular complexity index is 673. The molecule has 0 atom stereocenters. The minimum atomic E-state index is -3.70. The number of sulfonamides is 1. The van der Waals surface area contributed by atoms with Crippen LogP contribution >= 0.6 is 22.6 Å². The lowest BCUT2D eigenvalue weighted by Gasteiger charge is -2.09. The highest BCUT2D eigenvalue weighted by Crippen LogP contribution is 2.21. The first-order valence-electron chi connectivity index (χ1n) is 4.97. The van der Waals surface area contributed by atoms with E-state index in [1.54, 1.807) is 18.2 Å². The maximum absolute atomic E-state index is 12.1. The van der Waals surface area contributed by atoms with Gasteiger partial charge in [-0.2, -0.15) is 0 Å². The van der Waals surface area contributed by atoms with Gasteiger partial charge in [-0.1, -0.05) is 6.07 Å². The Kier molecular flexibility index (Phi) is 3.71. The van der Waals surface area contributed by atoms with Crippen LogP contribution in [0.5, 0.6) is 0 Å². The Morgan fingerprint density at radius 1 is 1.28 bits per heavy atom. The van der Waals surface area contributed by atoms with Crippen LogP contribution in [-0.2, 0) is 10.0 Å². The van der Waals surface area contributed by atoms with Crippen molar-refractivity contribution in [2.45, 2.75) is 4.90 Å². The molecule has 0 aliphatic carbocycles. The highest BCUT2D eigenvalue weighted by atomic mass is 127. The predicted molar refractivity (Wildman–Crippen MR) is 78.6 cm³/mol. The second-order valence-corrected chi connectivity index (χ2v) is 6.43. The van der Waals surface area contributed by atoms with E-state index in [1.807, 2.05) is 6.07 Å². The summed E-state index contributed by atoms with van der Waals surface area (Å²) in [6.45, 7) is 0. The molecule has 0 saturated carbocycles. The van der Waals surface area contributed by atoms with E-state index in [0.29, 0.717) is 5.69 Å². The summed E-state index contributed by atoms with van der Waals surface area (Å²) in [6.07, 6.45) is 2.67. The SMILES string of the molecule is Nc1ccncc1S(=O)(=O)Nc1cccc(I)c1. The molecule has 1 aromatic carbocycles. The predicted octanol–water partition coefficient (Wildman–Crippen LogP) is 2.07. The van der Waals surface area contributed by atoms with Gasteiger partial charge in [-0.3, -0.25) is 9.71 Å². The van der Waals surface area contributed by atoms with E-state index in [1.165, 1.54) is 18.5 Å². The lowest BCUT2D eigenvalue weighted by atomic mass is 10.3. The summed E-state index contributed by atoms with van der Waals surface area (Å²) in [6, 6.07) is 8.49. The highest BCUT2D eigenvalue weighted by Gasteiger charge is 2.17. The molecule has 94 valence electrons. The van der Waals surface area contributed by atoms with Gasteiger partial charge >= 0.3 is 0 Å². The number of aromatic nitrogens is 1. The minimum absolute atomic E-state index is 0.0242. The number of nitrogens with zero attached hydrogens (tertiary/aromatic N) is 1. The van der Waals surface area contributed by atoms with Crippen LogP contribution in [0.25, 0.3) is 0 Å². The molecule has 2 aromatic rings. The molecular formula is C11H10IN3O2S. The minimum Gasteiger partial charge on any atom is -0.398 e. The molecule has 0 spiro atoms. The number of benzene rings is 1. The maximum Gasteiger partial charge on any atom is 0.265 e. The van der Waals surface area contributed by atoms with Gasteiger partial charge in [0.25, 0.3) is 10.0 Å². The molecule has 0 unspecified atom stereocenters. The Hall–Kier alpha value is -1.35. The van der Waals surface area contributed by atoms with E-state index in [-0.39, 0.29) is 10.6 Å². The normalized spacial score (nSPS) is 11.2. The van der Waals surface area contributed by atoms with Crippen molar-refractivity contribution in [1.82, 2.24) is 4.98 Å². The van der Waals surface area contributed by atoms with Gasteiger partial charge in [0.2, 0.25) is 0 Å². The number of halogens is 1. The molecule has 2 rings (SSSR count). The summed E-state index contributed by atoms with van der Waals surface area (Å²) >= 11 is 2.11. The first-order valence-corrected chi connectivity index (χ1v) is 7.53. The summed E-state index contributed by atoms with van der Waals surface area (Å²) in [5.74, 6) is 0. The monoisotopic (exact) mass is 375 g/mol. The maximum atomic E-state index is 12.1. The zero-order valence-corrected chi connectivity index (χ0v) is 12.1. The first kappa shape index (κ1) is 13.1. The zero-order valence-electron chi connectivity index (χ0n) is 9.17. The third-order valence-corrected chi connectivity index (χ3v) is 4.28. The van der Waals surface area contributed by atoms with Gasteiger partial charge in [0, 0.05) is 21.7 Å². The van der Waals surface area contributed by atoms with Crippen LogP contribution in [0.4, 0.5) is 11.4 Å². The van der Waals surface area contributed by atoms with Crippen molar-refractivity contribution in [2.75, 3.05) is 10.5 Å². The number of nitrogen functional groups attached to an aromatic ring is 1. The van der Waals surface area contributed by atoms with Crippen molar-refractivity contribution in [3.8, 4) is 0 Å². The van der Waals surface area contributed by atoms with Crippen molar-refractivity contribution >= 4 is 44.0 Å². The van der Waals surface area contributed by atoms with Crippen molar-refractivity contribution in [1.29, 1.82) is 0 Å². The van der Waals surface area contributed by atoms with E-state index < -0.39 is 10.0 Å². The molecule has 0 aliphatic heterocycles. The van der Waals surface area contributed by atoms with Crippen molar-refractivity contribution < 1.29 is 8.42 Å². The van der Waals surface area contributed by atoms with E-state index in [9.17, 15) is 8.42 Å². The summed E-state index contributed by atoms with van der Waals surface area (Å²) in [5.41, 5.74) is 6.29. The summed E-state index contributed by atoms with van der Waals surface area (Å²) in [5, 5.41) is 0. The van der Waals surface area contributed by atoms with Crippen molar-refractivity contribution in [2.24, 2.45) is 0 Å². The Morgan fingerprint density at radius 2 is 2.06 bits per heavy atom. The van der Waals surface area contributed by atoms with Crippen LogP contribution in [-0.4, -0.2) is 13.4 Å². The fourth-order valence-corrected chi connectivity index (χ4v) is 3.05. The van der Waals surface area contributed by atoms with E-state index in [4.69, 9.17) is 5.73 Å². The third-order valence-electron chi connectivity index (χ3n) is 2.18. The molecule has 0 saturated heterocycles. The van der Waals surface area contributed by atoms with Gasteiger partial charge in [-0.15, -0.1) is 0 Å². The van der Waals surface area contributed by atoms with Crippen LogP contribution in [0.3, 0.4) is 0 Å². The molecule has 0 radical (unpaired) electrons. The molecule has 1 heterocycles. The molecular weight excluding hydrogens is 365 g/mol. The second-order valence-electron chi connectivity index (χ2n) is 3.53. The quantitative estimate of drug-likeness (QED) is 0.805. The van der Waals surface area contributed by atoms with Gasteiger partial charge in [0.1, 0.15) is 4.90 Å². The number of anilines is 2. The lowest BCUT2D eigenvalue weighted by Crippen LogP contribution is -2.15.